The summed E-state index contributed by atoms with van der Waals surface area (Å²) in [4.78, 5) is 12.4. The number of carbonyl (C=O) groups is 1. The molecule has 6 nitrogen and oxygen atoms in total. The Kier molecular flexibility index (Phi) is 6.27. The lowest BCUT2D eigenvalue weighted by Gasteiger charge is -2.19. The maximum absolute atomic E-state index is 12.9. The molecule has 1 amide bonds. The Morgan fingerprint density at radius 2 is 1.57 bits per heavy atom. The number of benzene rings is 3. The van der Waals surface area contributed by atoms with Crippen molar-refractivity contribution in [1.82, 2.24) is 5.43 Å². The highest BCUT2D eigenvalue weighted by molar-refractivity contribution is 7.92. The Morgan fingerprint density at radius 3 is 2.17 bits per heavy atom. The standard InChI is InChI=1S/C22H20FN3O3S/c1-16-3-13-21(14-4-16)30(28,29)26(2)20-11-7-18(8-12-20)22(27)25-24-15-17-5-9-19(23)10-6-17/h3-15H,1-2H3,(H,25,27)/b24-15-. The quantitative estimate of drug-likeness (QED) is 0.483. The van der Waals surface area contributed by atoms with E-state index in [4.69, 9.17) is 0 Å². The Balaban J connectivity index is 1.68. The lowest BCUT2D eigenvalue weighted by atomic mass is 10.2. The molecule has 3 rings (SSSR count). The van der Waals surface area contributed by atoms with Crippen LogP contribution in [0.25, 0.3) is 0 Å². The lowest BCUT2D eigenvalue weighted by Crippen LogP contribution is -2.26. The van der Waals surface area contributed by atoms with Crippen molar-refractivity contribution in [2.45, 2.75) is 11.8 Å². The molecule has 0 saturated heterocycles. The molecule has 0 unspecified atom stereocenters. The summed E-state index contributed by atoms with van der Waals surface area (Å²) in [6.07, 6.45) is 1.40. The molecule has 30 heavy (non-hydrogen) atoms. The minimum atomic E-state index is -3.71. The molecule has 8 heteroatoms. The van der Waals surface area contributed by atoms with Gasteiger partial charge in [-0.05, 0) is 61.0 Å². The minimum absolute atomic E-state index is 0.188. The van der Waals surface area contributed by atoms with Crippen LogP contribution in [-0.4, -0.2) is 27.6 Å². The van der Waals surface area contributed by atoms with Gasteiger partial charge in [0.25, 0.3) is 15.9 Å². The number of aryl methyl sites for hydroxylation is 1. The normalized spacial score (nSPS) is 11.4. The zero-order chi connectivity index (χ0) is 21.7. The Hall–Kier alpha value is -3.52. The molecule has 0 heterocycles. The maximum atomic E-state index is 12.9. The molecule has 0 aromatic heterocycles. The van der Waals surface area contributed by atoms with Gasteiger partial charge in [0.05, 0.1) is 16.8 Å². The largest absolute Gasteiger partial charge is 0.271 e. The van der Waals surface area contributed by atoms with Crippen molar-refractivity contribution >= 4 is 27.8 Å². The molecular weight excluding hydrogens is 405 g/mol. The van der Waals surface area contributed by atoms with Gasteiger partial charge in [0.1, 0.15) is 5.82 Å². The van der Waals surface area contributed by atoms with Crippen LogP contribution in [-0.2, 0) is 10.0 Å². The summed E-state index contributed by atoms with van der Waals surface area (Å²) in [6, 6.07) is 18.4. The fraction of sp³-hybridized carbons (Fsp3) is 0.0909. The zero-order valence-electron chi connectivity index (χ0n) is 16.4. The number of hydrogen-bond donors (Lipinski definition) is 1. The second-order valence-electron chi connectivity index (χ2n) is 6.58. The van der Waals surface area contributed by atoms with Crippen LogP contribution in [0, 0.1) is 12.7 Å². The number of rotatable bonds is 6. The number of hydrazone groups is 1. The Bertz CT molecular complexity index is 1160. The third-order valence-electron chi connectivity index (χ3n) is 4.42. The number of anilines is 1. The number of carbonyl (C=O) groups excluding carboxylic acids is 1. The molecule has 0 saturated carbocycles. The fourth-order valence-corrected chi connectivity index (χ4v) is 3.80. The summed E-state index contributed by atoms with van der Waals surface area (Å²) in [6.45, 7) is 1.88. The molecule has 0 fully saturated rings. The predicted molar refractivity (Wildman–Crippen MR) is 115 cm³/mol. The number of halogens is 1. The van der Waals surface area contributed by atoms with Crippen LogP contribution < -0.4 is 9.73 Å². The summed E-state index contributed by atoms with van der Waals surface area (Å²) in [5.74, 6) is -0.811. The Labute approximate surface area is 174 Å². The van der Waals surface area contributed by atoms with Crippen molar-refractivity contribution < 1.29 is 17.6 Å². The summed E-state index contributed by atoms with van der Waals surface area (Å²) >= 11 is 0. The highest BCUT2D eigenvalue weighted by Crippen LogP contribution is 2.22. The van der Waals surface area contributed by atoms with Gasteiger partial charge >= 0.3 is 0 Å². The average molecular weight is 425 g/mol. The first-order chi connectivity index (χ1) is 14.3. The SMILES string of the molecule is Cc1ccc(S(=O)(=O)N(C)c2ccc(C(=O)N/N=C\c3ccc(F)cc3)cc2)cc1. The number of nitrogens with one attached hydrogen (secondary N) is 1. The van der Waals surface area contributed by atoms with Gasteiger partial charge in [-0.15, -0.1) is 0 Å². The fourth-order valence-electron chi connectivity index (χ4n) is 2.61. The maximum Gasteiger partial charge on any atom is 0.271 e. The smallest absolute Gasteiger partial charge is 0.269 e. The molecule has 0 atom stereocenters. The molecule has 3 aromatic rings. The highest BCUT2D eigenvalue weighted by Gasteiger charge is 2.21. The van der Waals surface area contributed by atoms with Crippen molar-refractivity contribution in [2.75, 3.05) is 11.4 Å². The van der Waals surface area contributed by atoms with Crippen molar-refractivity contribution in [2.24, 2.45) is 5.10 Å². The van der Waals surface area contributed by atoms with Gasteiger partial charge < -0.3 is 0 Å². The summed E-state index contributed by atoms with van der Waals surface area (Å²) in [7, 11) is -2.25. The summed E-state index contributed by atoms with van der Waals surface area (Å²) in [5.41, 5.74) is 4.71. The van der Waals surface area contributed by atoms with Crippen molar-refractivity contribution in [1.29, 1.82) is 0 Å². The first-order valence-electron chi connectivity index (χ1n) is 9.02. The van der Waals surface area contributed by atoms with Crippen LogP contribution in [0.4, 0.5) is 10.1 Å². The van der Waals surface area contributed by atoms with Gasteiger partial charge in [-0.1, -0.05) is 29.8 Å². The summed E-state index contributed by atoms with van der Waals surface area (Å²) < 4.78 is 39.6. The number of nitrogens with zero attached hydrogens (tertiary/aromatic N) is 2. The van der Waals surface area contributed by atoms with E-state index in [9.17, 15) is 17.6 Å². The van der Waals surface area contributed by atoms with Crippen LogP contribution in [0.2, 0.25) is 0 Å². The summed E-state index contributed by atoms with van der Waals surface area (Å²) in [5, 5.41) is 3.84. The molecule has 154 valence electrons. The molecule has 0 aliphatic rings. The van der Waals surface area contributed by atoms with Gasteiger partial charge in [0.2, 0.25) is 0 Å². The van der Waals surface area contributed by atoms with Gasteiger partial charge in [0.15, 0.2) is 0 Å². The van der Waals surface area contributed by atoms with E-state index in [0.717, 1.165) is 9.87 Å². The molecular formula is C22H20FN3O3S. The second kappa shape index (κ2) is 8.87. The topological polar surface area (TPSA) is 78.8 Å². The van der Waals surface area contributed by atoms with E-state index in [-0.39, 0.29) is 10.7 Å². The lowest BCUT2D eigenvalue weighted by molar-refractivity contribution is 0.0955. The Morgan fingerprint density at radius 1 is 0.967 bits per heavy atom. The molecule has 0 aliphatic heterocycles. The predicted octanol–water partition coefficient (Wildman–Crippen LogP) is 3.72. The van der Waals surface area contributed by atoms with E-state index in [0.29, 0.717) is 16.8 Å². The number of hydrogen-bond acceptors (Lipinski definition) is 4. The van der Waals surface area contributed by atoms with Crippen LogP contribution >= 0.6 is 0 Å². The van der Waals surface area contributed by atoms with E-state index in [1.165, 1.54) is 49.7 Å². The third-order valence-corrected chi connectivity index (χ3v) is 6.22. The average Bonchev–Trinajstić information content (AvgIpc) is 2.75. The first kappa shape index (κ1) is 21.2. The van der Waals surface area contributed by atoms with E-state index in [2.05, 4.69) is 10.5 Å². The van der Waals surface area contributed by atoms with Crippen LogP contribution in [0.15, 0.2) is 82.8 Å². The monoisotopic (exact) mass is 425 g/mol. The van der Waals surface area contributed by atoms with Crippen LogP contribution in [0.3, 0.4) is 0 Å². The van der Waals surface area contributed by atoms with Crippen LogP contribution in [0.5, 0.6) is 0 Å². The van der Waals surface area contributed by atoms with Gasteiger partial charge in [-0.25, -0.2) is 18.2 Å². The van der Waals surface area contributed by atoms with E-state index in [1.807, 2.05) is 6.92 Å². The van der Waals surface area contributed by atoms with Crippen LogP contribution in [0.1, 0.15) is 21.5 Å². The molecule has 0 aliphatic carbocycles. The second-order valence-corrected chi connectivity index (χ2v) is 8.55. The van der Waals surface area contributed by atoms with Gasteiger partial charge in [-0.2, -0.15) is 5.10 Å². The third kappa shape index (κ3) is 4.90. The van der Waals surface area contributed by atoms with Gasteiger partial charge in [0, 0.05) is 12.6 Å². The molecule has 0 radical (unpaired) electrons. The highest BCUT2D eigenvalue weighted by atomic mass is 32.2. The molecule has 0 spiro atoms. The number of sulfonamides is 1. The molecule has 0 bridgehead atoms. The van der Waals surface area contributed by atoms with Crippen molar-refractivity contribution in [3.05, 3.63) is 95.3 Å². The minimum Gasteiger partial charge on any atom is -0.269 e. The van der Waals surface area contributed by atoms with E-state index < -0.39 is 15.9 Å². The molecule has 3 aromatic carbocycles. The van der Waals surface area contributed by atoms with E-state index >= 15 is 0 Å². The molecule has 1 N–H and O–H groups in total. The first-order valence-corrected chi connectivity index (χ1v) is 10.5. The van der Waals surface area contributed by atoms with E-state index in [1.54, 1.807) is 36.4 Å². The zero-order valence-corrected chi connectivity index (χ0v) is 17.2. The van der Waals surface area contributed by atoms with Gasteiger partial charge in [-0.3, -0.25) is 9.10 Å². The number of amides is 1. The van der Waals surface area contributed by atoms with Crippen molar-refractivity contribution in [3.63, 3.8) is 0 Å². The van der Waals surface area contributed by atoms with Crippen molar-refractivity contribution in [3.8, 4) is 0 Å².